The van der Waals surface area contributed by atoms with Crippen molar-refractivity contribution in [3.63, 3.8) is 0 Å². The molecule has 46 heavy (non-hydrogen) atoms. The monoisotopic (exact) mass is 592 g/mol. The first-order valence-electron chi connectivity index (χ1n) is 15.9. The number of nitrogens with zero attached hydrogens (tertiary/aromatic N) is 2. The minimum atomic E-state index is 0.861. The molecule has 0 aliphatic heterocycles. The molecule has 0 fully saturated rings. The first-order chi connectivity index (χ1) is 22.8. The summed E-state index contributed by atoms with van der Waals surface area (Å²) in [5.41, 5.74) is 10.6. The van der Waals surface area contributed by atoms with Gasteiger partial charge in [-0.2, -0.15) is 0 Å². The number of allylic oxidation sites excluding steroid dienone is 5. The fourth-order valence-corrected chi connectivity index (χ4v) is 6.26. The Morgan fingerprint density at radius 3 is 2.02 bits per heavy atom. The Hall–Kier alpha value is -5.86. The molecular formula is C44H36N2. The van der Waals surface area contributed by atoms with Crippen molar-refractivity contribution in [2.75, 3.05) is 4.90 Å². The van der Waals surface area contributed by atoms with Crippen molar-refractivity contribution in [3.8, 4) is 16.8 Å². The molecule has 2 heteroatoms. The van der Waals surface area contributed by atoms with E-state index in [1.54, 1.807) is 0 Å². The van der Waals surface area contributed by atoms with Crippen molar-refractivity contribution in [1.82, 2.24) is 4.57 Å². The van der Waals surface area contributed by atoms with E-state index in [9.17, 15) is 0 Å². The van der Waals surface area contributed by atoms with Crippen LogP contribution in [-0.2, 0) is 0 Å². The highest BCUT2D eigenvalue weighted by molar-refractivity contribution is 6.10. The number of aromatic nitrogens is 1. The van der Waals surface area contributed by atoms with E-state index in [-0.39, 0.29) is 0 Å². The van der Waals surface area contributed by atoms with Crippen molar-refractivity contribution < 1.29 is 0 Å². The Bertz CT molecular complexity index is 2170. The smallest absolute Gasteiger partial charge is 0.0542 e. The summed E-state index contributed by atoms with van der Waals surface area (Å²) >= 11 is 0. The topological polar surface area (TPSA) is 8.17 Å². The maximum absolute atomic E-state index is 2.43. The van der Waals surface area contributed by atoms with E-state index >= 15 is 0 Å². The van der Waals surface area contributed by atoms with Crippen molar-refractivity contribution in [2.45, 2.75) is 13.3 Å². The van der Waals surface area contributed by atoms with Crippen LogP contribution in [0.15, 0.2) is 188 Å². The number of hydrogen-bond donors (Lipinski definition) is 0. The van der Waals surface area contributed by atoms with Gasteiger partial charge in [-0.1, -0.05) is 146 Å². The summed E-state index contributed by atoms with van der Waals surface area (Å²) in [6, 6.07) is 56.1. The maximum Gasteiger partial charge on any atom is 0.0542 e. The second-order valence-corrected chi connectivity index (χ2v) is 11.3. The molecule has 7 aromatic rings. The lowest BCUT2D eigenvalue weighted by atomic mass is 10.0. The van der Waals surface area contributed by atoms with Crippen LogP contribution in [0.4, 0.5) is 11.4 Å². The Morgan fingerprint density at radius 1 is 0.587 bits per heavy atom. The number of para-hydroxylation sites is 3. The molecule has 1 aromatic heterocycles. The van der Waals surface area contributed by atoms with Crippen LogP contribution in [0, 0.1) is 0 Å². The van der Waals surface area contributed by atoms with Crippen LogP contribution in [0.5, 0.6) is 0 Å². The Kier molecular flexibility index (Phi) is 8.43. The zero-order valence-electron chi connectivity index (χ0n) is 26.0. The lowest BCUT2D eigenvalue weighted by Gasteiger charge is -2.30. The normalized spacial score (nSPS) is 12.1. The summed E-state index contributed by atoms with van der Waals surface area (Å²) in [5.74, 6) is 0. The fraction of sp³-hybridized carbons (Fsp3) is 0.0455. The Labute approximate surface area is 271 Å². The van der Waals surface area contributed by atoms with Gasteiger partial charge in [0, 0.05) is 33.4 Å². The summed E-state index contributed by atoms with van der Waals surface area (Å²) in [5, 5.41) is 2.48. The van der Waals surface area contributed by atoms with Gasteiger partial charge < -0.3 is 9.47 Å². The molecule has 1 heterocycles. The highest BCUT2D eigenvalue weighted by Crippen LogP contribution is 2.41. The molecule has 222 valence electrons. The van der Waals surface area contributed by atoms with E-state index in [1.165, 1.54) is 44.2 Å². The molecule has 0 saturated heterocycles. The van der Waals surface area contributed by atoms with Gasteiger partial charge in [0.1, 0.15) is 0 Å². The van der Waals surface area contributed by atoms with E-state index in [0.29, 0.717) is 0 Å². The van der Waals surface area contributed by atoms with Crippen molar-refractivity contribution in [2.24, 2.45) is 0 Å². The maximum atomic E-state index is 2.43. The molecule has 0 atom stereocenters. The Balaban J connectivity index is 1.39. The summed E-state index contributed by atoms with van der Waals surface area (Å²) in [4.78, 5) is 2.43. The molecule has 6 aromatic carbocycles. The molecule has 7 rings (SSSR count). The molecule has 0 N–H and O–H groups in total. The van der Waals surface area contributed by atoms with Gasteiger partial charge in [0.2, 0.25) is 0 Å². The molecule has 0 saturated carbocycles. The van der Waals surface area contributed by atoms with Gasteiger partial charge in [-0.15, -0.1) is 0 Å². The molecule has 0 amide bonds. The van der Waals surface area contributed by atoms with Gasteiger partial charge in [0.05, 0.1) is 16.7 Å². The van der Waals surface area contributed by atoms with Gasteiger partial charge in [-0.05, 0) is 66.1 Å². The lowest BCUT2D eigenvalue weighted by molar-refractivity contribution is 1.01. The molecule has 0 aliphatic rings. The minimum Gasteiger partial charge on any atom is -0.314 e. The molecule has 0 spiro atoms. The van der Waals surface area contributed by atoms with Gasteiger partial charge in [0.15, 0.2) is 0 Å². The highest BCUT2D eigenvalue weighted by atomic mass is 15.2. The van der Waals surface area contributed by atoms with Crippen LogP contribution >= 0.6 is 0 Å². The summed E-state index contributed by atoms with van der Waals surface area (Å²) in [7, 11) is 0. The van der Waals surface area contributed by atoms with E-state index in [1.807, 2.05) is 6.07 Å². The predicted molar refractivity (Wildman–Crippen MR) is 198 cm³/mol. The van der Waals surface area contributed by atoms with Crippen molar-refractivity contribution in [3.05, 3.63) is 193 Å². The average molecular weight is 593 g/mol. The van der Waals surface area contributed by atoms with Crippen LogP contribution in [0.2, 0.25) is 0 Å². The lowest BCUT2D eigenvalue weighted by Crippen LogP contribution is -2.17. The first kappa shape index (κ1) is 28.9. The number of fused-ring (bicyclic) bond motifs is 3. The van der Waals surface area contributed by atoms with Gasteiger partial charge >= 0.3 is 0 Å². The molecule has 0 aliphatic carbocycles. The van der Waals surface area contributed by atoms with Crippen LogP contribution in [0.3, 0.4) is 0 Å². The van der Waals surface area contributed by atoms with Crippen LogP contribution in [0.25, 0.3) is 44.7 Å². The van der Waals surface area contributed by atoms with Crippen LogP contribution in [-0.4, -0.2) is 4.57 Å². The zero-order chi connectivity index (χ0) is 31.1. The third kappa shape index (κ3) is 5.81. The second kappa shape index (κ2) is 13.4. The standard InChI is InChI=1S/C44H36N2/c1-2-36(24-12-4-9-21-34-19-7-3-8-20-34)45(42-29-17-15-27-39(42)35-22-10-5-11-23-35)38-31-32-44-41(33-38)40-28-16-18-30-43(40)46(44)37-25-13-6-14-26-37/h3-33H,2H2,1H3/b12-4+,21-9+,36-24+. The predicted octanol–water partition coefficient (Wildman–Crippen LogP) is 12.2. The second-order valence-electron chi connectivity index (χ2n) is 11.3. The molecule has 0 radical (unpaired) electrons. The highest BCUT2D eigenvalue weighted by Gasteiger charge is 2.20. The number of anilines is 2. The van der Waals surface area contributed by atoms with E-state index in [4.69, 9.17) is 0 Å². The average Bonchev–Trinajstić information content (AvgIpc) is 3.46. The summed E-state index contributed by atoms with van der Waals surface area (Å²) in [6.07, 6.45) is 11.6. The number of benzene rings is 6. The van der Waals surface area contributed by atoms with Gasteiger partial charge in [-0.25, -0.2) is 0 Å². The number of hydrogen-bond acceptors (Lipinski definition) is 1. The van der Waals surface area contributed by atoms with E-state index in [2.05, 4.69) is 198 Å². The zero-order valence-corrected chi connectivity index (χ0v) is 26.0. The fourth-order valence-electron chi connectivity index (χ4n) is 6.26. The minimum absolute atomic E-state index is 0.861. The summed E-state index contributed by atoms with van der Waals surface area (Å²) in [6.45, 7) is 2.23. The summed E-state index contributed by atoms with van der Waals surface area (Å²) < 4.78 is 2.37. The van der Waals surface area contributed by atoms with E-state index < -0.39 is 0 Å². The van der Waals surface area contributed by atoms with Crippen LogP contribution in [0.1, 0.15) is 18.9 Å². The number of rotatable bonds is 9. The molecule has 0 unspecified atom stereocenters. The largest absolute Gasteiger partial charge is 0.314 e. The third-order valence-electron chi connectivity index (χ3n) is 8.41. The quantitative estimate of drug-likeness (QED) is 0.151. The van der Waals surface area contributed by atoms with Gasteiger partial charge in [0.25, 0.3) is 0 Å². The first-order valence-corrected chi connectivity index (χ1v) is 15.9. The van der Waals surface area contributed by atoms with E-state index in [0.717, 1.165) is 23.5 Å². The van der Waals surface area contributed by atoms with Crippen molar-refractivity contribution >= 4 is 39.3 Å². The SMILES string of the molecule is CC\C(=C/C=C/C=C/c1ccccc1)N(c1ccc2c(c1)c1ccccc1n2-c1ccccc1)c1ccccc1-c1ccccc1. The van der Waals surface area contributed by atoms with Crippen molar-refractivity contribution in [1.29, 1.82) is 0 Å². The molecular weight excluding hydrogens is 556 g/mol. The third-order valence-corrected chi connectivity index (χ3v) is 8.41. The molecule has 2 nitrogen and oxygen atoms in total. The molecule has 0 bridgehead atoms. The van der Waals surface area contributed by atoms with Gasteiger partial charge in [-0.3, -0.25) is 0 Å². The Morgan fingerprint density at radius 2 is 1.24 bits per heavy atom. The van der Waals surface area contributed by atoms with Crippen LogP contribution < -0.4 is 4.90 Å².